The topological polar surface area (TPSA) is 81.2 Å². The van der Waals surface area contributed by atoms with Crippen LogP contribution >= 0.6 is 0 Å². The molecule has 0 radical (unpaired) electrons. The second-order valence-corrected chi connectivity index (χ2v) is 5.03. The van der Waals surface area contributed by atoms with Gasteiger partial charge in [0, 0.05) is 23.7 Å². The molecule has 0 bridgehead atoms. The number of nitro groups is 1. The van der Waals surface area contributed by atoms with Crippen LogP contribution in [0.2, 0.25) is 0 Å². The summed E-state index contributed by atoms with van der Waals surface area (Å²) in [6.45, 7) is 0. The van der Waals surface area contributed by atoms with Gasteiger partial charge < -0.3 is 11.1 Å². The average molecular weight is 269 g/mol. The number of hydrogen-bond donors (Lipinski definition) is 2. The van der Waals surface area contributed by atoms with Gasteiger partial charge in [-0.15, -0.1) is 0 Å². The van der Waals surface area contributed by atoms with E-state index >= 15 is 0 Å². The predicted octanol–water partition coefficient (Wildman–Crippen LogP) is 3.15. The van der Waals surface area contributed by atoms with Gasteiger partial charge in [-0.25, -0.2) is 0 Å². The zero-order valence-electron chi connectivity index (χ0n) is 10.8. The normalized spacial score (nSPS) is 20.4. The van der Waals surface area contributed by atoms with Crippen molar-refractivity contribution in [3.63, 3.8) is 0 Å². The zero-order chi connectivity index (χ0) is 14.1. The van der Waals surface area contributed by atoms with E-state index < -0.39 is 4.92 Å². The third-order valence-corrected chi connectivity index (χ3v) is 3.59. The van der Waals surface area contributed by atoms with Crippen LogP contribution in [-0.2, 0) is 0 Å². The Kier molecular flexibility index (Phi) is 3.02. The second kappa shape index (κ2) is 4.85. The fourth-order valence-electron chi connectivity index (χ4n) is 2.45. The van der Waals surface area contributed by atoms with Crippen LogP contribution in [0.15, 0.2) is 48.5 Å². The minimum absolute atomic E-state index is 0.0500. The number of nitrogen functional groups attached to an aromatic ring is 1. The lowest BCUT2D eigenvalue weighted by atomic mass is 10.1. The van der Waals surface area contributed by atoms with E-state index in [1.807, 2.05) is 18.2 Å². The summed E-state index contributed by atoms with van der Waals surface area (Å²) < 4.78 is 0. The van der Waals surface area contributed by atoms with Crippen molar-refractivity contribution in [2.24, 2.45) is 0 Å². The fourth-order valence-corrected chi connectivity index (χ4v) is 2.45. The Morgan fingerprint density at radius 1 is 1.20 bits per heavy atom. The molecule has 102 valence electrons. The van der Waals surface area contributed by atoms with Crippen LogP contribution < -0.4 is 11.1 Å². The molecule has 1 aliphatic carbocycles. The van der Waals surface area contributed by atoms with Gasteiger partial charge in [0.05, 0.1) is 4.92 Å². The summed E-state index contributed by atoms with van der Waals surface area (Å²) >= 11 is 0. The number of nitrogens with zero attached hydrogens (tertiary/aromatic N) is 1. The van der Waals surface area contributed by atoms with Crippen LogP contribution in [0, 0.1) is 10.1 Å². The summed E-state index contributed by atoms with van der Waals surface area (Å²) in [5, 5.41) is 14.1. The number of nitrogens with two attached hydrogens (primary N) is 1. The van der Waals surface area contributed by atoms with Crippen molar-refractivity contribution in [1.29, 1.82) is 0 Å². The van der Waals surface area contributed by atoms with Crippen LogP contribution in [0.1, 0.15) is 17.9 Å². The van der Waals surface area contributed by atoms with Gasteiger partial charge in [-0.1, -0.05) is 30.3 Å². The van der Waals surface area contributed by atoms with Gasteiger partial charge in [0.15, 0.2) is 0 Å². The van der Waals surface area contributed by atoms with Crippen molar-refractivity contribution in [1.82, 2.24) is 0 Å². The first-order valence-corrected chi connectivity index (χ1v) is 6.50. The third-order valence-electron chi connectivity index (χ3n) is 3.59. The smallest absolute Gasteiger partial charge is 0.292 e. The maximum Gasteiger partial charge on any atom is 0.292 e. The lowest BCUT2D eigenvalue weighted by molar-refractivity contribution is -0.383. The quantitative estimate of drug-likeness (QED) is 0.507. The van der Waals surface area contributed by atoms with Crippen molar-refractivity contribution >= 4 is 17.1 Å². The molecule has 1 fully saturated rings. The lowest BCUT2D eigenvalue weighted by Crippen LogP contribution is -2.05. The Labute approximate surface area is 116 Å². The summed E-state index contributed by atoms with van der Waals surface area (Å²) in [6.07, 6.45) is 1.07. The SMILES string of the molecule is Nc1cc(NC2CC2c2ccccc2)ccc1[N+](=O)[O-]. The highest BCUT2D eigenvalue weighted by Gasteiger charge is 2.38. The molecule has 0 aromatic heterocycles. The number of benzene rings is 2. The van der Waals surface area contributed by atoms with Crippen LogP contribution in [0.25, 0.3) is 0 Å². The monoisotopic (exact) mass is 269 g/mol. The summed E-state index contributed by atoms with van der Waals surface area (Å²) in [7, 11) is 0. The van der Waals surface area contributed by atoms with E-state index in [0.717, 1.165) is 12.1 Å². The highest BCUT2D eigenvalue weighted by Crippen LogP contribution is 2.43. The molecule has 1 saturated carbocycles. The van der Waals surface area contributed by atoms with E-state index in [2.05, 4.69) is 17.4 Å². The van der Waals surface area contributed by atoms with Crippen LogP contribution in [0.3, 0.4) is 0 Å². The molecule has 5 heteroatoms. The average Bonchev–Trinajstić information content (AvgIpc) is 3.18. The van der Waals surface area contributed by atoms with Crippen LogP contribution in [-0.4, -0.2) is 11.0 Å². The minimum atomic E-state index is -0.469. The van der Waals surface area contributed by atoms with Gasteiger partial charge in [0.1, 0.15) is 5.69 Å². The maximum absolute atomic E-state index is 10.7. The fraction of sp³-hybridized carbons (Fsp3) is 0.200. The molecule has 0 spiro atoms. The first kappa shape index (κ1) is 12.5. The molecule has 2 unspecified atom stereocenters. The van der Waals surface area contributed by atoms with E-state index in [9.17, 15) is 10.1 Å². The van der Waals surface area contributed by atoms with Crippen LogP contribution in [0.5, 0.6) is 0 Å². The van der Waals surface area contributed by atoms with E-state index in [0.29, 0.717) is 12.0 Å². The molecule has 0 heterocycles. The standard InChI is InChI=1S/C15H15N3O2/c16-13-8-11(6-7-15(13)18(19)20)17-14-9-12(14)10-4-2-1-3-5-10/h1-8,12,14,17H,9,16H2. The number of anilines is 2. The molecule has 2 aromatic carbocycles. The molecule has 1 aliphatic rings. The van der Waals surface area contributed by atoms with Crippen molar-refractivity contribution in [2.45, 2.75) is 18.4 Å². The van der Waals surface area contributed by atoms with Gasteiger partial charge >= 0.3 is 0 Å². The molecule has 3 N–H and O–H groups in total. The maximum atomic E-state index is 10.7. The molecule has 0 aliphatic heterocycles. The third kappa shape index (κ3) is 2.42. The van der Waals surface area contributed by atoms with Gasteiger partial charge in [0.2, 0.25) is 0 Å². The number of hydrogen-bond acceptors (Lipinski definition) is 4. The highest BCUT2D eigenvalue weighted by atomic mass is 16.6. The Bertz CT molecular complexity index is 643. The lowest BCUT2D eigenvalue weighted by Gasteiger charge is -2.07. The van der Waals surface area contributed by atoms with Crippen LogP contribution in [0.4, 0.5) is 17.1 Å². The summed E-state index contributed by atoms with van der Waals surface area (Å²) in [5.74, 6) is 0.507. The highest BCUT2D eigenvalue weighted by molar-refractivity contribution is 5.66. The van der Waals surface area contributed by atoms with Gasteiger partial charge in [0.25, 0.3) is 5.69 Å². The van der Waals surface area contributed by atoms with Gasteiger partial charge in [-0.2, -0.15) is 0 Å². The zero-order valence-corrected chi connectivity index (χ0v) is 10.8. The molecule has 2 atom stereocenters. The van der Waals surface area contributed by atoms with E-state index in [1.54, 1.807) is 12.1 Å². The molecular formula is C15H15N3O2. The molecule has 0 saturated heterocycles. The summed E-state index contributed by atoms with van der Waals surface area (Å²) in [4.78, 5) is 10.2. The second-order valence-electron chi connectivity index (χ2n) is 5.03. The van der Waals surface area contributed by atoms with E-state index in [1.165, 1.54) is 11.6 Å². The molecule has 20 heavy (non-hydrogen) atoms. The van der Waals surface area contributed by atoms with Crippen molar-refractivity contribution in [3.05, 3.63) is 64.2 Å². The van der Waals surface area contributed by atoms with Gasteiger partial charge in [-0.05, 0) is 24.1 Å². The molecule has 5 nitrogen and oxygen atoms in total. The van der Waals surface area contributed by atoms with Crippen molar-refractivity contribution in [3.8, 4) is 0 Å². The minimum Gasteiger partial charge on any atom is -0.393 e. The van der Waals surface area contributed by atoms with Gasteiger partial charge in [-0.3, -0.25) is 10.1 Å². The summed E-state index contributed by atoms with van der Waals surface area (Å²) in [5.41, 5.74) is 7.97. The molecule has 0 amide bonds. The van der Waals surface area contributed by atoms with Crippen molar-refractivity contribution in [2.75, 3.05) is 11.1 Å². The summed E-state index contributed by atoms with van der Waals surface area (Å²) in [6, 6.07) is 15.5. The first-order valence-electron chi connectivity index (χ1n) is 6.50. The Morgan fingerprint density at radius 2 is 1.95 bits per heavy atom. The molecular weight excluding hydrogens is 254 g/mol. The Balaban J connectivity index is 1.68. The molecule has 3 rings (SSSR count). The predicted molar refractivity (Wildman–Crippen MR) is 78.7 cm³/mol. The number of rotatable bonds is 4. The largest absolute Gasteiger partial charge is 0.393 e. The van der Waals surface area contributed by atoms with Crippen molar-refractivity contribution < 1.29 is 4.92 Å². The van der Waals surface area contributed by atoms with E-state index in [4.69, 9.17) is 5.73 Å². The van der Waals surface area contributed by atoms with E-state index in [-0.39, 0.29) is 11.4 Å². The first-order chi connectivity index (χ1) is 9.65. The number of nitrogens with one attached hydrogen (secondary N) is 1. The molecule has 2 aromatic rings. The number of nitro benzene ring substituents is 1. The Morgan fingerprint density at radius 3 is 2.60 bits per heavy atom. The Hall–Kier alpha value is -2.56.